The molecule has 0 bridgehead atoms. The highest BCUT2D eigenvalue weighted by atomic mass is 35.5. The molecule has 1 unspecified atom stereocenters. The molecular formula is C10H13Cl2NO2S. The average molecular weight is 282 g/mol. The Balaban J connectivity index is 2.82. The van der Waals surface area contributed by atoms with Gasteiger partial charge < -0.3 is 10.5 Å². The molecule has 1 atom stereocenters. The maximum atomic E-state index is 11.7. The van der Waals surface area contributed by atoms with E-state index in [1.165, 1.54) is 11.3 Å². The first-order valence-electron chi connectivity index (χ1n) is 4.64. The monoisotopic (exact) mass is 281 g/mol. The van der Waals surface area contributed by atoms with Crippen molar-refractivity contribution in [2.24, 2.45) is 5.73 Å². The molecule has 90 valence electrons. The lowest BCUT2D eigenvalue weighted by Crippen LogP contribution is -2.31. The SMILES string of the molecule is CC(C)(C)OC(=O)C(N)c1cc(Cl)sc1Cl. The minimum atomic E-state index is -0.893. The molecule has 0 radical (unpaired) electrons. The predicted molar refractivity (Wildman–Crippen MR) is 67.1 cm³/mol. The van der Waals surface area contributed by atoms with Crippen molar-refractivity contribution in [3.05, 3.63) is 20.3 Å². The summed E-state index contributed by atoms with van der Waals surface area (Å²) in [5, 5.41) is 0. The summed E-state index contributed by atoms with van der Waals surface area (Å²) in [5.74, 6) is -0.510. The number of esters is 1. The Hall–Kier alpha value is -0.290. The molecule has 0 saturated carbocycles. The highest BCUT2D eigenvalue weighted by molar-refractivity contribution is 7.20. The van der Waals surface area contributed by atoms with Crippen LogP contribution in [0.3, 0.4) is 0 Å². The molecule has 1 heterocycles. The smallest absolute Gasteiger partial charge is 0.328 e. The van der Waals surface area contributed by atoms with Gasteiger partial charge in [-0.15, -0.1) is 11.3 Å². The van der Waals surface area contributed by atoms with Crippen LogP contribution < -0.4 is 5.73 Å². The van der Waals surface area contributed by atoms with Crippen LogP contribution in [-0.2, 0) is 9.53 Å². The van der Waals surface area contributed by atoms with E-state index in [1.54, 1.807) is 26.8 Å². The van der Waals surface area contributed by atoms with Crippen molar-refractivity contribution < 1.29 is 9.53 Å². The topological polar surface area (TPSA) is 52.3 Å². The Morgan fingerprint density at radius 2 is 2.06 bits per heavy atom. The Morgan fingerprint density at radius 1 is 1.50 bits per heavy atom. The second-order valence-electron chi connectivity index (χ2n) is 4.29. The van der Waals surface area contributed by atoms with Crippen molar-refractivity contribution in [3.8, 4) is 0 Å². The number of thiophene rings is 1. The van der Waals surface area contributed by atoms with Crippen molar-refractivity contribution in [1.82, 2.24) is 0 Å². The number of hydrogen-bond donors (Lipinski definition) is 1. The zero-order valence-corrected chi connectivity index (χ0v) is 11.5. The zero-order valence-electron chi connectivity index (χ0n) is 9.21. The minimum Gasteiger partial charge on any atom is -0.459 e. The third kappa shape index (κ3) is 3.63. The van der Waals surface area contributed by atoms with Crippen LogP contribution in [0.1, 0.15) is 32.4 Å². The Kier molecular flexibility index (Phi) is 4.23. The molecule has 0 amide bonds. The summed E-state index contributed by atoms with van der Waals surface area (Å²) in [6.07, 6.45) is 0. The van der Waals surface area contributed by atoms with Gasteiger partial charge in [-0.3, -0.25) is 0 Å². The molecule has 2 N–H and O–H groups in total. The number of nitrogens with two attached hydrogens (primary N) is 1. The second kappa shape index (κ2) is 4.92. The van der Waals surface area contributed by atoms with E-state index < -0.39 is 17.6 Å². The van der Waals surface area contributed by atoms with Crippen LogP contribution in [-0.4, -0.2) is 11.6 Å². The average Bonchev–Trinajstić information content (AvgIpc) is 2.41. The molecule has 0 spiro atoms. The van der Waals surface area contributed by atoms with Crippen LogP contribution in [0, 0.1) is 0 Å². The van der Waals surface area contributed by atoms with Crippen LogP contribution in [0.25, 0.3) is 0 Å². The summed E-state index contributed by atoms with van der Waals surface area (Å²) in [7, 11) is 0. The van der Waals surface area contributed by atoms with Crippen LogP contribution in [0.5, 0.6) is 0 Å². The standard InChI is InChI=1S/C10H13Cl2NO2S/c1-10(2,3)15-9(14)7(13)5-4-6(11)16-8(5)12/h4,7H,13H2,1-3H3. The van der Waals surface area contributed by atoms with Crippen molar-refractivity contribution in [1.29, 1.82) is 0 Å². The molecule has 0 saturated heterocycles. The fourth-order valence-electron chi connectivity index (χ4n) is 1.06. The van der Waals surface area contributed by atoms with E-state index in [1.807, 2.05) is 0 Å². The highest BCUT2D eigenvalue weighted by Crippen LogP contribution is 2.34. The molecule has 0 aromatic carbocycles. The summed E-state index contributed by atoms with van der Waals surface area (Å²) < 4.78 is 6.08. The summed E-state index contributed by atoms with van der Waals surface area (Å²) >= 11 is 12.9. The maximum Gasteiger partial charge on any atom is 0.328 e. The van der Waals surface area contributed by atoms with Crippen LogP contribution >= 0.6 is 34.5 Å². The molecular weight excluding hydrogens is 269 g/mol. The van der Waals surface area contributed by atoms with Gasteiger partial charge in [0, 0.05) is 5.56 Å². The molecule has 0 aliphatic rings. The summed E-state index contributed by atoms with van der Waals surface area (Å²) in [6.45, 7) is 5.33. The maximum absolute atomic E-state index is 11.7. The number of rotatable bonds is 2. The highest BCUT2D eigenvalue weighted by Gasteiger charge is 2.26. The van der Waals surface area contributed by atoms with E-state index in [9.17, 15) is 4.79 Å². The lowest BCUT2D eigenvalue weighted by molar-refractivity contribution is -0.156. The summed E-state index contributed by atoms with van der Waals surface area (Å²) in [5.41, 5.74) is 5.69. The Labute approximate surface area is 108 Å². The van der Waals surface area contributed by atoms with Gasteiger partial charge in [-0.1, -0.05) is 23.2 Å². The van der Waals surface area contributed by atoms with Gasteiger partial charge in [-0.25, -0.2) is 4.79 Å². The van der Waals surface area contributed by atoms with Crippen LogP contribution in [0.2, 0.25) is 8.67 Å². The molecule has 0 fully saturated rings. The minimum absolute atomic E-state index is 0.420. The van der Waals surface area contributed by atoms with Gasteiger partial charge in [0.05, 0.1) is 8.67 Å². The molecule has 6 heteroatoms. The largest absolute Gasteiger partial charge is 0.459 e. The van der Waals surface area contributed by atoms with E-state index >= 15 is 0 Å². The molecule has 1 aromatic rings. The second-order valence-corrected chi connectivity index (χ2v) is 6.58. The van der Waals surface area contributed by atoms with E-state index in [0.29, 0.717) is 14.2 Å². The Morgan fingerprint density at radius 3 is 2.44 bits per heavy atom. The molecule has 0 aliphatic heterocycles. The molecule has 1 aromatic heterocycles. The lowest BCUT2D eigenvalue weighted by atomic mass is 10.1. The third-order valence-electron chi connectivity index (χ3n) is 1.68. The van der Waals surface area contributed by atoms with Gasteiger partial charge in [0.2, 0.25) is 0 Å². The zero-order chi connectivity index (χ0) is 12.5. The molecule has 3 nitrogen and oxygen atoms in total. The van der Waals surface area contributed by atoms with Crippen molar-refractivity contribution >= 4 is 40.5 Å². The van der Waals surface area contributed by atoms with E-state index in [4.69, 9.17) is 33.7 Å². The first-order chi connectivity index (χ1) is 7.20. The fourth-order valence-corrected chi connectivity index (χ4v) is 2.61. The quantitative estimate of drug-likeness (QED) is 0.846. The van der Waals surface area contributed by atoms with Gasteiger partial charge in [0.1, 0.15) is 11.6 Å². The number of hydrogen-bond acceptors (Lipinski definition) is 4. The first-order valence-corrected chi connectivity index (χ1v) is 6.21. The van der Waals surface area contributed by atoms with E-state index in [2.05, 4.69) is 0 Å². The summed E-state index contributed by atoms with van der Waals surface area (Å²) in [4.78, 5) is 11.7. The predicted octanol–water partition coefficient (Wildman–Crippen LogP) is 3.40. The van der Waals surface area contributed by atoms with Crippen molar-refractivity contribution in [2.75, 3.05) is 0 Å². The molecule has 0 aliphatic carbocycles. The van der Waals surface area contributed by atoms with Crippen LogP contribution in [0.15, 0.2) is 6.07 Å². The van der Waals surface area contributed by atoms with Gasteiger partial charge in [-0.2, -0.15) is 0 Å². The van der Waals surface area contributed by atoms with Gasteiger partial charge >= 0.3 is 5.97 Å². The van der Waals surface area contributed by atoms with E-state index in [0.717, 1.165) is 0 Å². The third-order valence-corrected chi connectivity index (χ3v) is 3.20. The fraction of sp³-hybridized carbons (Fsp3) is 0.500. The van der Waals surface area contributed by atoms with Crippen molar-refractivity contribution in [3.63, 3.8) is 0 Å². The molecule has 1 rings (SSSR count). The van der Waals surface area contributed by atoms with Gasteiger partial charge in [0.25, 0.3) is 0 Å². The number of halogens is 2. The Bertz CT molecular complexity index is 398. The van der Waals surface area contributed by atoms with E-state index in [-0.39, 0.29) is 0 Å². The first kappa shape index (κ1) is 13.8. The van der Waals surface area contributed by atoms with Gasteiger partial charge in [0.15, 0.2) is 0 Å². The summed E-state index contributed by atoms with van der Waals surface area (Å²) in [6, 6.07) is 0.693. The van der Waals surface area contributed by atoms with Crippen LogP contribution in [0.4, 0.5) is 0 Å². The lowest BCUT2D eigenvalue weighted by Gasteiger charge is -2.22. The normalized spacial score (nSPS) is 13.6. The number of carbonyl (C=O) groups is 1. The van der Waals surface area contributed by atoms with Crippen molar-refractivity contribution in [2.45, 2.75) is 32.4 Å². The number of carbonyl (C=O) groups excluding carboxylic acids is 1. The number of ether oxygens (including phenoxy) is 1. The van der Waals surface area contributed by atoms with Gasteiger partial charge in [-0.05, 0) is 26.8 Å². The molecule has 16 heavy (non-hydrogen) atoms.